The van der Waals surface area contributed by atoms with Gasteiger partial charge < -0.3 is 14.7 Å². The predicted octanol–water partition coefficient (Wildman–Crippen LogP) is 3.22. The van der Waals surface area contributed by atoms with E-state index in [1.807, 2.05) is 43.3 Å². The predicted molar refractivity (Wildman–Crippen MR) is 107 cm³/mol. The molecule has 2 aromatic carbocycles. The molecule has 0 spiro atoms. The van der Waals surface area contributed by atoms with Gasteiger partial charge in [-0.3, -0.25) is 4.90 Å². The zero-order valence-corrected chi connectivity index (χ0v) is 16.1. The van der Waals surface area contributed by atoms with Gasteiger partial charge in [0.25, 0.3) is 0 Å². The van der Waals surface area contributed by atoms with Gasteiger partial charge in [-0.2, -0.15) is 0 Å². The van der Waals surface area contributed by atoms with Crippen molar-refractivity contribution in [1.29, 1.82) is 0 Å². The largest absolute Gasteiger partial charge is 0.390 e. The van der Waals surface area contributed by atoms with E-state index >= 15 is 0 Å². The van der Waals surface area contributed by atoms with E-state index in [0.29, 0.717) is 32.7 Å². The van der Waals surface area contributed by atoms with E-state index in [2.05, 4.69) is 10.1 Å². The average Bonchev–Trinajstić information content (AvgIpc) is 3.15. The third-order valence-electron chi connectivity index (χ3n) is 4.58. The molecule has 0 fully saturated rings. The fourth-order valence-electron chi connectivity index (χ4n) is 3.32. The topological polar surface area (TPSA) is 54.3 Å². The minimum atomic E-state index is -0.621. The van der Waals surface area contributed by atoms with Crippen LogP contribution in [0.1, 0.15) is 24.5 Å². The van der Waals surface area contributed by atoms with E-state index in [9.17, 15) is 9.50 Å². The van der Waals surface area contributed by atoms with Gasteiger partial charge in [-0.25, -0.2) is 4.39 Å². The van der Waals surface area contributed by atoms with Gasteiger partial charge in [0.2, 0.25) is 0 Å². The van der Waals surface area contributed by atoms with Crippen molar-refractivity contribution in [3.8, 4) is 0 Å². The molecule has 0 saturated heterocycles. The summed E-state index contributed by atoms with van der Waals surface area (Å²) < 4.78 is 18.9. The highest BCUT2D eigenvalue weighted by molar-refractivity contribution is 6.01. The molecule has 2 aromatic rings. The summed E-state index contributed by atoms with van der Waals surface area (Å²) in [4.78, 5) is 7.70. The molecule has 0 amide bonds. The molecule has 1 aliphatic rings. The fourth-order valence-corrected chi connectivity index (χ4v) is 3.32. The van der Waals surface area contributed by atoms with Crippen LogP contribution in [0.5, 0.6) is 0 Å². The number of rotatable bonds is 10. The number of aliphatic hydroxyl groups excluding tert-OH is 1. The van der Waals surface area contributed by atoms with Gasteiger partial charge in [-0.1, -0.05) is 47.6 Å². The molecule has 0 radical (unpaired) electrons. The number of halogens is 1. The number of oxime groups is 1. The van der Waals surface area contributed by atoms with Gasteiger partial charge in [0.1, 0.15) is 11.9 Å². The summed E-state index contributed by atoms with van der Waals surface area (Å²) in [7, 11) is 0. The summed E-state index contributed by atoms with van der Waals surface area (Å²) in [5.74, 6) is -0.265. The summed E-state index contributed by atoms with van der Waals surface area (Å²) >= 11 is 0. The highest BCUT2D eigenvalue weighted by Gasteiger charge is 2.25. The molecule has 3 rings (SSSR count). The third kappa shape index (κ3) is 6.12. The van der Waals surface area contributed by atoms with Gasteiger partial charge in [-0.15, -0.1) is 0 Å². The maximum absolute atomic E-state index is 13.6. The van der Waals surface area contributed by atoms with Crippen molar-refractivity contribution in [2.75, 3.05) is 26.3 Å². The standard InChI is InChI=1S/C22H27FN2O3/c1-2-27-16-20(26)14-25(13-17-7-6-10-19(23)11-17)15-21-12-22(24-28-21)18-8-4-3-5-9-18/h3-11,20-21,26H,2,12-16H2,1H3/t20-,21+/m0/s1. The van der Waals surface area contributed by atoms with Crippen molar-refractivity contribution in [2.24, 2.45) is 5.16 Å². The molecule has 2 atom stereocenters. The van der Waals surface area contributed by atoms with Crippen LogP contribution in [0, 0.1) is 5.82 Å². The minimum Gasteiger partial charge on any atom is -0.390 e. The van der Waals surface area contributed by atoms with E-state index < -0.39 is 6.10 Å². The second-order valence-corrected chi connectivity index (χ2v) is 6.97. The first-order chi connectivity index (χ1) is 13.6. The molecule has 1 N–H and O–H groups in total. The lowest BCUT2D eigenvalue weighted by Crippen LogP contribution is -2.39. The van der Waals surface area contributed by atoms with Crippen molar-refractivity contribution in [1.82, 2.24) is 4.90 Å². The van der Waals surface area contributed by atoms with Gasteiger partial charge in [0, 0.05) is 32.7 Å². The maximum atomic E-state index is 13.6. The molecule has 28 heavy (non-hydrogen) atoms. The Bertz CT molecular complexity index is 769. The second kappa shape index (κ2) is 10.3. The molecule has 1 heterocycles. The van der Waals surface area contributed by atoms with Crippen molar-refractivity contribution >= 4 is 5.71 Å². The molecular weight excluding hydrogens is 359 g/mol. The molecule has 0 aromatic heterocycles. The van der Waals surface area contributed by atoms with Crippen LogP contribution in [-0.2, 0) is 16.1 Å². The first-order valence-corrected chi connectivity index (χ1v) is 9.64. The summed E-state index contributed by atoms with van der Waals surface area (Å²) in [6.45, 7) is 4.23. The number of hydrogen-bond acceptors (Lipinski definition) is 5. The third-order valence-corrected chi connectivity index (χ3v) is 4.58. The van der Waals surface area contributed by atoms with Crippen LogP contribution in [0.3, 0.4) is 0 Å². The van der Waals surface area contributed by atoms with Crippen LogP contribution in [0.15, 0.2) is 59.8 Å². The molecular formula is C22H27FN2O3. The van der Waals surface area contributed by atoms with E-state index in [1.54, 1.807) is 6.07 Å². The van der Waals surface area contributed by atoms with Crippen molar-refractivity contribution in [2.45, 2.75) is 32.1 Å². The van der Waals surface area contributed by atoms with Crippen molar-refractivity contribution in [3.05, 3.63) is 71.5 Å². The Hall–Kier alpha value is -2.28. The molecule has 5 nitrogen and oxygen atoms in total. The second-order valence-electron chi connectivity index (χ2n) is 6.97. The van der Waals surface area contributed by atoms with Crippen molar-refractivity contribution in [3.63, 3.8) is 0 Å². The highest BCUT2D eigenvalue weighted by atomic mass is 19.1. The minimum absolute atomic E-state index is 0.108. The number of nitrogens with zero attached hydrogens (tertiary/aromatic N) is 2. The Kier molecular flexibility index (Phi) is 7.54. The Balaban J connectivity index is 1.62. The zero-order valence-electron chi connectivity index (χ0n) is 16.1. The lowest BCUT2D eigenvalue weighted by molar-refractivity contribution is 0.000479. The van der Waals surface area contributed by atoms with Crippen LogP contribution in [-0.4, -0.2) is 54.2 Å². The zero-order chi connectivity index (χ0) is 19.8. The Morgan fingerprint density at radius 2 is 2.07 bits per heavy atom. The Labute approximate surface area is 165 Å². The van der Waals surface area contributed by atoms with E-state index in [4.69, 9.17) is 9.57 Å². The SMILES string of the molecule is CCOC[C@@H](O)CN(Cc1cccc(F)c1)C[C@H]1CC(c2ccccc2)=NO1. The lowest BCUT2D eigenvalue weighted by atomic mass is 10.0. The van der Waals surface area contributed by atoms with E-state index in [1.165, 1.54) is 12.1 Å². The molecule has 6 heteroatoms. The monoisotopic (exact) mass is 386 g/mol. The normalized spacial score (nSPS) is 17.4. The maximum Gasteiger partial charge on any atom is 0.145 e. The first kappa shape index (κ1) is 20.5. The summed E-state index contributed by atoms with van der Waals surface area (Å²) in [6.07, 6.45) is -0.0296. The summed E-state index contributed by atoms with van der Waals surface area (Å²) in [5, 5.41) is 14.5. The quantitative estimate of drug-likeness (QED) is 0.681. The van der Waals surface area contributed by atoms with Crippen LogP contribution >= 0.6 is 0 Å². The van der Waals surface area contributed by atoms with Gasteiger partial charge in [0.15, 0.2) is 0 Å². The van der Waals surface area contributed by atoms with Gasteiger partial charge >= 0.3 is 0 Å². The smallest absolute Gasteiger partial charge is 0.145 e. The van der Waals surface area contributed by atoms with Crippen LogP contribution < -0.4 is 0 Å². The van der Waals surface area contributed by atoms with Gasteiger partial charge in [-0.05, 0) is 30.2 Å². The van der Waals surface area contributed by atoms with E-state index in [-0.39, 0.29) is 18.5 Å². The van der Waals surface area contributed by atoms with Crippen LogP contribution in [0.4, 0.5) is 4.39 Å². The summed E-state index contributed by atoms with van der Waals surface area (Å²) in [6, 6.07) is 16.5. The van der Waals surface area contributed by atoms with E-state index in [0.717, 1.165) is 16.8 Å². The van der Waals surface area contributed by atoms with Crippen LogP contribution in [0.25, 0.3) is 0 Å². The molecule has 0 unspecified atom stereocenters. The fraction of sp³-hybridized carbons (Fsp3) is 0.409. The average molecular weight is 386 g/mol. The number of ether oxygens (including phenoxy) is 1. The molecule has 0 aliphatic carbocycles. The molecule has 0 saturated carbocycles. The van der Waals surface area contributed by atoms with Gasteiger partial charge in [0.05, 0.1) is 18.4 Å². The lowest BCUT2D eigenvalue weighted by Gasteiger charge is -2.27. The number of aliphatic hydroxyl groups is 1. The molecule has 1 aliphatic heterocycles. The Morgan fingerprint density at radius 3 is 2.82 bits per heavy atom. The summed E-state index contributed by atoms with van der Waals surface area (Å²) in [5.41, 5.74) is 2.83. The highest BCUT2D eigenvalue weighted by Crippen LogP contribution is 2.19. The number of benzene rings is 2. The number of hydrogen-bond donors (Lipinski definition) is 1. The first-order valence-electron chi connectivity index (χ1n) is 9.64. The van der Waals surface area contributed by atoms with Crippen molar-refractivity contribution < 1.29 is 19.1 Å². The Morgan fingerprint density at radius 1 is 1.25 bits per heavy atom. The molecule has 0 bridgehead atoms. The molecule has 150 valence electrons. The van der Waals surface area contributed by atoms with Crippen LogP contribution in [0.2, 0.25) is 0 Å².